The second kappa shape index (κ2) is 6.21. The zero-order valence-electron chi connectivity index (χ0n) is 13.6. The van der Waals surface area contributed by atoms with E-state index >= 15 is 0 Å². The smallest absolute Gasteiger partial charge is 0.244 e. The van der Waals surface area contributed by atoms with Crippen molar-refractivity contribution in [3.05, 3.63) is 53.7 Å². The maximum Gasteiger partial charge on any atom is 0.244 e. The molecule has 3 heterocycles. The molecule has 3 rings (SSSR count). The van der Waals surface area contributed by atoms with Gasteiger partial charge in [-0.3, -0.25) is 9.67 Å². The molecular formula is C16H18N4O3S. The van der Waals surface area contributed by atoms with Crippen LogP contribution in [0, 0.1) is 13.8 Å². The lowest BCUT2D eigenvalue weighted by atomic mass is 10.2. The van der Waals surface area contributed by atoms with Crippen molar-refractivity contribution in [3.8, 4) is 11.5 Å². The molecule has 0 spiro atoms. The number of nitrogens with zero attached hydrogens (tertiary/aromatic N) is 3. The first-order valence-electron chi connectivity index (χ1n) is 7.37. The van der Waals surface area contributed by atoms with Crippen LogP contribution in [0.3, 0.4) is 0 Å². The number of hydrogen-bond donors (Lipinski definition) is 1. The summed E-state index contributed by atoms with van der Waals surface area (Å²) in [6.07, 6.45) is 3.20. The van der Waals surface area contributed by atoms with E-state index in [4.69, 9.17) is 4.42 Å². The van der Waals surface area contributed by atoms with Gasteiger partial charge in [-0.15, -0.1) is 0 Å². The highest BCUT2D eigenvalue weighted by Crippen LogP contribution is 2.20. The van der Waals surface area contributed by atoms with Crippen molar-refractivity contribution in [2.45, 2.75) is 25.3 Å². The summed E-state index contributed by atoms with van der Waals surface area (Å²) in [5.74, 6) is 0.638. The molecular weight excluding hydrogens is 328 g/mol. The Morgan fingerprint density at radius 1 is 1.29 bits per heavy atom. The molecule has 0 atom stereocenters. The summed E-state index contributed by atoms with van der Waals surface area (Å²) in [6.45, 7) is 3.57. The maximum atomic E-state index is 12.6. The summed E-state index contributed by atoms with van der Waals surface area (Å²) in [5, 5.41) is 4.15. The summed E-state index contributed by atoms with van der Waals surface area (Å²) in [5.41, 5.74) is 2.53. The second-order valence-electron chi connectivity index (χ2n) is 5.47. The molecule has 0 aliphatic rings. The molecule has 0 aromatic carbocycles. The fraction of sp³-hybridized carbons (Fsp3) is 0.250. The highest BCUT2D eigenvalue weighted by atomic mass is 32.2. The van der Waals surface area contributed by atoms with Crippen molar-refractivity contribution in [2.24, 2.45) is 7.05 Å². The first-order chi connectivity index (χ1) is 11.4. The number of aryl methyl sites for hydroxylation is 2. The average Bonchev–Trinajstić information content (AvgIpc) is 3.15. The van der Waals surface area contributed by atoms with Gasteiger partial charge >= 0.3 is 0 Å². The van der Waals surface area contributed by atoms with Gasteiger partial charge in [-0.25, -0.2) is 13.1 Å². The Morgan fingerprint density at radius 2 is 2.08 bits per heavy atom. The Bertz CT molecular complexity index is 959. The van der Waals surface area contributed by atoms with Crippen LogP contribution in [-0.2, 0) is 23.6 Å². The first kappa shape index (κ1) is 16.4. The normalized spacial score (nSPS) is 11.8. The Balaban J connectivity index is 1.82. The molecule has 0 bridgehead atoms. The van der Waals surface area contributed by atoms with Crippen LogP contribution < -0.4 is 4.72 Å². The third kappa shape index (κ3) is 3.10. The standard InChI is InChI=1S/C16H18N4O3S/c1-11-16(12(2)20(3)19-11)24(21,22)18-10-13-6-7-17-14(9-13)15-5-4-8-23-15/h4-9,18H,10H2,1-3H3. The van der Waals surface area contributed by atoms with E-state index in [1.807, 2.05) is 0 Å². The molecule has 3 aromatic rings. The third-order valence-corrected chi connectivity index (χ3v) is 5.43. The number of aromatic nitrogens is 3. The molecule has 0 amide bonds. The molecule has 7 nitrogen and oxygen atoms in total. The van der Waals surface area contributed by atoms with Crippen LogP contribution in [0.2, 0.25) is 0 Å². The SMILES string of the molecule is Cc1nn(C)c(C)c1S(=O)(=O)NCc1ccnc(-c2ccco2)c1. The molecule has 0 saturated heterocycles. The topological polar surface area (TPSA) is 90.0 Å². The van der Waals surface area contributed by atoms with Crippen molar-refractivity contribution >= 4 is 10.0 Å². The van der Waals surface area contributed by atoms with Crippen LogP contribution in [0.5, 0.6) is 0 Å². The second-order valence-corrected chi connectivity index (χ2v) is 7.18. The highest BCUT2D eigenvalue weighted by molar-refractivity contribution is 7.89. The van der Waals surface area contributed by atoms with Gasteiger partial charge in [0.2, 0.25) is 10.0 Å². The van der Waals surface area contributed by atoms with E-state index in [1.54, 1.807) is 62.3 Å². The van der Waals surface area contributed by atoms with Gasteiger partial charge in [0.15, 0.2) is 5.76 Å². The van der Waals surface area contributed by atoms with E-state index in [1.165, 1.54) is 0 Å². The molecule has 0 saturated carbocycles. The Labute approximate surface area is 140 Å². The Kier molecular flexibility index (Phi) is 4.25. The average molecular weight is 346 g/mol. The highest BCUT2D eigenvalue weighted by Gasteiger charge is 2.23. The van der Waals surface area contributed by atoms with Gasteiger partial charge in [-0.2, -0.15) is 5.10 Å². The van der Waals surface area contributed by atoms with E-state index in [9.17, 15) is 8.42 Å². The Hall–Kier alpha value is -2.45. The zero-order chi connectivity index (χ0) is 17.3. The molecule has 3 aromatic heterocycles. The lowest BCUT2D eigenvalue weighted by Gasteiger charge is -2.08. The third-order valence-electron chi connectivity index (χ3n) is 3.78. The van der Waals surface area contributed by atoms with Gasteiger partial charge in [0, 0.05) is 19.8 Å². The molecule has 0 aliphatic carbocycles. The van der Waals surface area contributed by atoms with Gasteiger partial charge in [0.25, 0.3) is 0 Å². The van der Waals surface area contributed by atoms with E-state index in [-0.39, 0.29) is 11.4 Å². The van der Waals surface area contributed by atoms with Gasteiger partial charge in [0.05, 0.1) is 17.7 Å². The molecule has 0 unspecified atom stereocenters. The lowest BCUT2D eigenvalue weighted by Crippen LogP contribution is -2.24. The minimum atomic E-state index is -3.64. The molecule has 126 valence electrons. The van der Waals surface area contributed by atoms with E-state index in [0.717, 1.165) is 5.56 Å². The fourth-order valence-electron chi connectivity index (χ4n) is 2.54. The summed E-state index contributed by atoms with van der Waals surface area (Å²) in [7, 11) is -1.92. The van der Waals surface area contributed by atoms with Crippen LogP contribution in [0.15, 0.2) is 46.0 Å². The number of furan rings is 1. The summed E-state index contributed by atoms with van der Waals surface area (Å²) in [6, 6.07) is 7.14. The van der Waals surface area contributed by atoms with Crippen LogP contribution in [0.25, 0.3) is 11.5 Å². The van der Waals surface area contributed by atoms with Gasteiger partial charge in [-0.1, -0.05) is 0 Å². The minimum absolute atomic E-state index is 0.159. The van der Waals surface area contributed by atoms with Crippen LogP contribution in [-0.4, -0.2) is 23.2 Å². The number of hydrogen-bond acceptors (Lipinski definition) is 5. The van der Waals surface area contributed by atoms with Gasteiger partial charge in [0.1, 0.15) is 10.6 Å². The largest absolute Gasteiger partial charge is 0.463 e. The summed E-state index contributed by atoms with van der Waals surface area (Å²) < 4.78 is 34.6. The Morgan fingerprint density at radius 3 is 2.71 bits per heavy atom. The number of sulfonamides is 1. The van der Waals surface area contributed by atoms with Crippen LogP contribution in [0.1, 0.15) is 17.0 Å². The number of nitrogens with one attached hydrogen (secondary N) is 1. The molecule has 0 radical (unpaired) electrons. The summed E-state index contributed by atoms with van der Waals surface area (Å²) >= 11 is 0. The van der Waals surface area contributed by atoms with E-state index < -0.39 is 10.0 Å². The number of rotatable bonds is 5. The van der Waals surface area contributed by atoms with Gasteiger partial charge < -0.3 is 4.42 Å². The van der Waals surface area contributed by atoms with Crippen LogP contribution in [0.4, 0.5) is 0 Å². The quantitative estimate of drug-likeness (QED) is 0.765. The number of pyridine rings is 1. The molecule has 1 N–H and O–H groups in total. The van der Waals surface area contributed by atoms with Crippen molar-refractivity contribution in [3.63, 3.8) is 0 Å². The molecule has 8 heteroatoms. The van der Waals surface area contributed by atoms with Crippen molar-refractivity contribution in [1.29, 1.82) is 0 Å². The molecule has 0 aliphatic heterocycles. The van der Waals surface area contributed by atoms with E-state index in [0.29, 0.717) is 22.8 Å². The zero-order valence-corrected chi connectivity index (χ0v) is 14.5. The minimum Gasteiger partial charge on any atom is -0.463 e. The predicted octanol–water partition coefficient (Wildman–Crippen LogP) is 2.17. The molecule has 0 fully saturated rings. The predicted molar refractivity (Wildman–Crippen MR) is 88.6 cm³/mol. The van der Waals surface area contributed by atoms with Crippen molar-refractivity contribution < 1.29 is 12.8 Å². The fourth-order valence-corrected chi connectivity index (χ4v) is 3.99. The lowest BCUT2D eigenvalue weighted by molar-refractivity contribution is 0.579. The van der Waals surface area contributed by atoms with Crippen LogP contribution >= 0.6 is 0 Å². The molecule has 24 heavy (non-hydrogen) atoms. The van der Waals surface area contributed by atoms with Crippen molar-refractivity contribution in [1.82, 2.24) is 19.5 Å². The van der Waals surface area contributed by atoms with E-state index in [2.05, 4.69) is 14.8 Å². The first-order valence-corrected chi connectivity index (χ1v) is 8.85. The van der Waals surface area contributed by atoms with Gasteiger partial charge in [-0.05, 0) is 43.7 Å². The summed E-state index contributed by atoms with van der Waals surface area (Å²) in [4.78, 5) is 4.46. The monoisotopic (exact) mass is 346 g/mol. The van der Waals surface area contributed by atoms with Crippen molar-refractivity contribution in [2.75, 3.05) is 0 Å². The maximum absolute atomic E-state index is 12.6.